The zero-order valence-electron chi connectivity index (χ0n) is 12.4. The molecule has 0 unspecified atom stereocenters. The fourth-order valence-corrected chi connectivity index (χ4v) is 3.07. The summed E-state index contributed by atoms with van der Waals surface area (Å²) in [4.78, 5) is 23.5. The van der Waals surface area contributed by atoms with E-state index in [-0.39, 0.29) is 17.2 Å². The van der Waals surface area contributed by atoms with Gasteiger partial charge in [0.1, 0.15) is 6.10 Å². The Labute approximate surface area is 125 Å². The lowest BCUT2D eigenvalue weighted by Gasteiger charge is -2.29. The van der Waals surface area contributed by atoms with E-state index in [0.717, 1.165) is 19.3 Å². The summed E-state index contributed by atoms with van der Waals surface area (Å²) in [6, 6.07) is 6.21. The minimum atomic E-state index is -1.10. The van der Waals surface area contributed by atoms with E-state index in [0.29, 0.717) is 5.92 Å². The Hall–Kier alpha value is -1.84. The van der Waals surface area contributed by atoms with Crippen LogP contribution in [-0.2, 0) is 4.74 Å². The number of hydrogen-bond acceptors (Lipinski definition) is 3. The summed E-state index contributed by atoms with van der Waals surface area (Å²) < 4.78 is 5.61. The quantitative estimate of drug-likeness (QED) is 0.835. The predicted molar refractivity (Wildman–Crippen MR) is 79.5 cm³/mol. The molecule has 0 heterocycles. The fraction of sp³-hybridized carbons (Fsp3) is 0.529. The Morgan fingerprint density at radius 3 is 2.38 bits per heavy atom. The van der Waals surface area contributed by atoms with Gasteiger partial charge in [0.2, 0.25) is 0 Å². The van der Waals surface area contributed by atoms with Gasteiger partial charge < -0.3 is 9.84 Å². The normalized spacial score (nSPS) is 17.2. The number of benzene rings is 1. The van der Waals surface area contributed by atoms with Crippen LogP contribution < -0.4 is 0 Å². The number of ether oxygens (including phenoxy) is 1. The highest BCUT2D eigenvalue weighted by Gasteiger charge is 2.27. The highest BCUT2D eigenvalue weighted by Crippen LogP contribution is 2.30. The molecule has 0 bridgehead atoms. The van der Waals surface area contributed by atoms with Gasteiger partial charge in [0.25, 0.3) is 0 Å². The lowest BCUT2D eigenvalue weighted by molar-refractivity contribution is 0.00615. The molecule has 4 nitrogen and oxygen atoms in total. The smallest absolute Gasteiger partial charge is 0.339 e. The van der Waals surface area contributed by atoms with Crippen LogP contribution in [0.25, 0.3) is 0 Å². The van der Waals surface area contributed by atoms with Crippen LogP contribution in [0, 0.1) is 5.92 Å². The summed E-state index contributed by atoms with van der Waals surface area (Å²) in [6.45, 7) is 2.01. The molecule has 0 saturated heterocycles. The first kappa shape index (κ1) is 15.5. The average molecular weight is 290 g/mol. The Morgan fingerprint density at radius 2 is 1.81 bits per heavy atom. The van der Waals surface area contributed by atoms with Crippen molar-refractivity contribution in [1.82, 2.24) is 0 Å². The maximum absolute atomic E-state index is 12.3. The minimum absolute atomic E-state index is 0.000923. The number of aromatic carboxylic acids is 1. The van der Waals surface area contributed by atoms with Crippen molar-refractivity contribution in [2.24, 2.45) is 5.92 Å². The van der Waals surface area contributed by atoms with Gasteiger partial charge in [0, 0.05) is 0 Å². The lowest BCUT2D eigenvalue weighted by atomic mass is 9.84. The molecule has 2 rings (SSSR count). The molecule has 0 amide bonds. The SMILES string of the molecule is CC[C@H](OC(=O)c1ccccc1C(=O)O)C1CCCCC1. The number of carbonyl (C=O) groups is 2. The summed E-state index contributed by atoms with van der Waals surface area (Å²) in [5.41, 5.74) is 0.139. The first-order chi connectivity index (χ1) is 10.1. The van der Waals surface area contributed by atoms with Crippen LogP contribution in [0.5, 0.6) is 0 Å². The number of hydrogen-bond donors (Lipinski definition) is 1. The van der Waals surface area contributed by atoms with E-state index in [2.05, 4.69) is 0 Å². The molecule has 0 radical (unpaired) electrons. The van der Waals surface area contributed by atoms with Gasteiger partial charge in [-0.1, -0.05) is 38.3 Å². The van der Waals surface area contributed by atoms with Crippen molar-refractivity contribution in [2.45, 2.75) is 51.6 Å². The first-order valence-electron chi connectivity index (χ1n) is 7.66. The van der Waals surface area contributed by atoms with E-state index in [9.17, 15) is 9.59 Å². The van der Waals surface area contributed by atoms with Gasteiger partial charge in [-0.3, -0.25) is 0 Å². The van der Waals surface area contributed by atoms with Gasteiger partial charge in [0.15, 0.2) is 0 Å². The predicted octanol–water partition coefficient (Wildman–Crippen LogP) is 3.90. The summed E-state index contributed by atoms with van der Waals surface area (Å²) in [7, 11) is 0. The largest absolute Gasteiger partial charge is 0.478 e. The summed E-state index contributed by atoms with van der Waals surface area (Å²) in [6.07, 6.45) is 6.46. The molecule has 1 saturated carbocycles. The third-order valence-corrected chi connectivity index (χ3v) is 4.21. The minimum Gasteiger partial charge on any atom is -0.478 e. The van der Waals surface area contributed by atoms with Crippen molar-refractivity contribution >= 4 is 11.9 Å². The lowest BCUT2D eigenvalue weighted by Crippen LogP contribution is -2.28. The molecule has 0 spiro atoms. The summed E-state index contributed by atoms with van der Waals surface area (Å²) in [5.74, 6) is -1.22. The molecule has 1 aromatic rings. The average Bonchev–Trinajstić information content (AvgIpc) is 2.53. The van der Waals surface area contributed by atoms with Gasteiger partial charge in [-0.05, 0) is 37.3 Å². The highest BCUT2D eigenvalue weighted by molar-refractivity contribution is 6.02. The van der Waals surface area contributed by atoms with Crippen LogP contribution in [0.4, 0.5) is 0 Å². The molecular formula is C17H22O4. The van der Waals surface area contributed by atoms with Crippen molar-refractivity contribution in [1.29, 1.82) is 0 Å². The van der Waals surface area contributed by atoms with E-state index in [1.165, 1.54) is 31.4 Å². The van der Waals surface area contributed by atoms with Crippen molar-refractivity contribution in [3.63, 3.8) is 0 Å². The number of carboxylic acids is 1. The monoisotopic (exact) mass is 290 g/mol. The van der Waals surface area contributed by atoms with Crippen molar-refractivity contribution in [3.05, 3.63) is 35.4 Å². The van der Waals surface area contributed by atoms with Gasteiger partial charge in [-0.25, -0.2) is 9.59 Å². The van der Waals surface area contributed by atoms with Gasteiger partial charge in [-0.15, -0.1) is 0 Å². The topological polar surface area (TPSA) is 63.6 Å². The second-order valence-corrected chi connectivity index (χ2v) is 5.60. The summed E-state index contributed by atoms with van der Waals surface area (Å²) in [5, 5.41) is 9.15. The third kappa shape index (κ3) is 3.84. The van der Waals surface area contributed by atoms with Crippen molar-refractivity contribution < 1.29 is 19.4 Å². The number of esters is 1. The fourth-order valence-electron chi connectivity index (χ4n) is 3.07. The van der Waals surface area contributed by atoms with Gasteiger partial charge in [0.05, 0.1) is 11.1 Å². The molecular weight excluding hydrogens is 268 g/mol. The molecule has 1 aliphatic rings. The van der Waals surface area contributed by atoms with Crippen molar-refractivity contribution in [2.75, 3.05) is 0 Å². The number of rotatable bonds is 5. The first-order valence-corrected chi connectivity index (χ1v) is 7.66. The van der Waals surface area contributed by atoms with Gasteiger partial charge in [-0.2, -0.15) is 0 Å². The molecule has 4 heteroatoms. The Balaban J connectivity index is 2.10. The maximum Gasteiger partial charge on any atom is 0.339 e. The van der Waals surface area contributed by atoms with E-state index >= 15 is 0 Å². The van der Waals surface area contributed by atoms with Crippen LogP contribution >= 0.6 is 0 Å². The second-order valence-electron chi connectivity index (χ2n) is 5.60. The molecule has 114 valence electrons. The standard InChI is InChI=1S/C17H22O4/c1-2-15(12-8-4-3-5-9-12)21-17(20)14-11-7-6-10-13(14)16(18)19/h6-7,10-12,15H,2-5,8-9H2,1H3,(H,18,19)/t15-/m0/s1. The van der Waals surface area contributed by atoms with Crippen LogP contribution in [-0.4, -0.2) is 23.1 Å². The number of carboxylic acid groups (broad SMARTS) is 1. The molecule has 1 fully saturated rings. The Bertz CT molecular complexity index is 503. The third-order valence-electron chi connectivity index (χ3n) is 4.21. The van der Waals surface area contributed by atoms with Crippen molar-refractivity contribution in [3.8, 4) is 0 Å². The van der Waals surface area contributed by atoms with E-state index < -0.39 is 11.9 Å². The summed E-state index contributed by atoms with van der Waals surface area (Å²) >= 11 is 0. The molecule has 1 aliphatic carbocycles. The van der Waals surface area contributed by atoms with E-state index in [4.69, 9.17) is 9.84 Å². The molecule has 1 aromatic carbocycles. The van der Waals surface area contributed by atoms with Crippen LogP contribution in [0.2, 0.25) is 0 Å². The zero-order valence-corrected chi connectivity index (χ0v) is 12.4. The van der Waals surface area contributed by atoms with Crippen LogP contribution in [0.15, 0.2) is 24.3 Å². The number of carbonyl (C=O) groups excluding carboxylic acids is 1. The molecule has 0 aliphatic heterocycles. The Morgan fingerprint density at radius 1 is 1.19 bits per heavy atom. The van der Waals surface area contributed by atoms with E-state index in [1.54, 1.807) is 12.1 Å². The maximum atomic E-state index is 12.3. The molecule has 1 N–H and O–H groups in total. The molecule has 21 heavy (non-hydrogen) atoms. The van der Waals surface area contributed by atoms with Gasteiger partial charge >= 0.3 is 11.9 Å². The Kier molecular flexibility index (Phi) is 5.37. The van der Waals surface area contributed by atoms with Crippen LogP contribution in [0.1, 0.15) is 66.2 Å². The second kappa shape index (κ2) is 7.25. The van der Waals surface area contributed by atoms with E-state index in [1.807, 2.05) is 6.92 Å². The highest BCUT2D eigenvalue weighted by atomic mass is 16.5. The molecule has 0 aromatic heterocycles. The zero-order chi connectivity index (χ0) is 15.2. The van der Waals surface area contributed by atoms with Crippen LogP contribution in [0.3, 0.4) is 0 Å². The molecule has 1 atom stereocenters.